The number of nitriles is 1. The summed E-state index contributed by atoms with van der Waals surface area (Å²) in [5.74, 6) is -1.83. The van der Waals surface area contributed by atoms with Gasteiger partial charge in [0.05, 0.1) is 10.5 Å². The maximum atomic E-state index is 12.5. The molecule has 0 spiro atoms. The lowest BCUT2D eigenvalue weighted by atomic mass is 9.96. The summed E-state index contributed by atoms with van der Waals surface area (Å²) in [6, 6.07) is 4.30. The van der Waals surface area contributed by atoms with Crippen LogP contribution in [0.25, 0.3) is 11.1 Å². The molecular weight excluding hydrogens is 422 g/mol. The molecule has 3 heterocycles. The Kier molecular flexibility index (Phi) is 5.30. The standard InChI is InChI=1S/C21H19N3O4S2/c1-11-7-13(8-17-19(27)23(10-18(25)26)21(28)30-17)12(2)24(11)20-15(9-22)14-5-3-4-6-16(14)29-20/h7-8H,3-6,10H2,1-2H3,(H,25,26)/b17-8-. The van der Waals surface area contributed by atoms with Crippen LogP contribution in [0.5, 0.6) is 0 Å². The average Bonchev–Trinajstić information content (AvgIpc) is 3.28. The van der Waals surface area contributed by atoms with Gasteiger partial charge in [-0.3, -0.25) is 19.3 Å². The van der Waals surface area contributed by atoms with Crippen LogP contribution in [0.1, 0.15) is 45.8 Å². The molecule has 1 fully saturated rings. The van der Waals surface area contributed by atoms with E-state index in [0.717, 1.165) is 75.4 Å². The summed E-state index contributed by atoms with van der Waals surface area (Å²) in [4.78, 5) is 37.6. The van der Waals surface area contributed by atoms with E-state index in [9.17, 15) is 19.6 Å². The number of nitrogens with zero attached hydrogens (tertiary/aromatic N) is 3. The molecule has 4 rings (SSSR count). The lowest BCUT2D eigenvalue weighted by molar-refractivity contribution is -0.140. The van der Waals surface area contributed by atoms with Crippen LogP contribution in [0.15, 0.2) is 11.0 Å². The van der Waals surface area contributed by atoms with E-state index < -0.39 is 23.7 Å². The molecule has 0 atom stereocenters. The normalized spacial score (nSPS) is 17.5. The lowest BCUT2D eigenvalue weighted by Gasteiger charge is -2.10. The second-order valence-corrected chi connectivity index (χ2v) is 9.40. The number of rotatable bonds is 4. The highest BCUT2D eigenvalue weighted by Gasteiger charge is 2.36. The minimum absolute atomic E-state index is 0.201. The van der Waals surface area contributed by atoms with Gasteiger partial charge >= 0.3 is 5.97 Å². The molecule has 9 heteroatoms. The minimum atomic E-state index is -1.23. The van der Waals surface area contributed by atoms with E-state index in [0.29, 0.717) is 0 Å². The van der Waals surface area contributed by atoms with Crippen molar-refractivity contribution in [1.82, 2.24) is 9.47 Å². The van der Waals surface area contributed by atoms with Crippen LogP contribution in [-0.4, -0.2) is 38.2 Å². The molecule has 1 saturated heterocycles. The topological polar surface area (TPSA) is 103 Å². The maximum Gasteiger partial charge on any atom is 0.323 e. The molecule has 154 valence electrons. The number of fused-ring (bicyclic) bond motifs is 1. The fourth-order valence-electron chi connectivity index (χ4n) is 3.98. The Bertz CT molecular complexity index is 1170. The molecule has 7 nitrogen and oxygen atoms in total. The zero-order valence-electron chi connectivity index (χ0n) is 16.5. The molecule has 2 aromatic rings. The Morgan fingerprint density at radius 3 is 2.73 bits per heavy atom. The van der Waals surface area contributed by atoms with Crippen LogP contribution in [0.2, 0.25) is 0 Å². The van der Waals surface area contributed by atoms with Crippen molar-refractivity contribution in [3.05, 3.63) is 43.9 Å². The van der Waals surface area contributed by atoms with Crippen molar-refractivity contribution in [2.75, 3.05) is 6.54 Å². The number of aromatic nitrogens is 1. The molecule has 0 saturated carbocycles. The van der Waals surface area contributed by atoms with E-state index in [2.05, 4.69) is 6.07 Å². The third kappa shape index (κ3) is 3.36. The first-order valence-electron chi connectivity index (χ1n) is 9.53. The molecule has 2 aromatic heterocycles. The number of hydrogen-bond donors (Lipinski definition) is 1. The Balaban J connectivity index is 1.74. The Morgan fingerprint density at radius 1 is 1.30 bits per heavy atom. The summed E-state index contributed by atoms with van der Waals surface area (Å²) < 4.78 is 2.04. The molecule has 1 aliphatic heterocycles. The Hall–Kier alpha value is -2.83. The van der Waals surface area contributed by atoms with E-state index in [1.807, 2.05) is 24.5 Å². The predicted molar refractivity (Wildman–Crippen MR) is 115 cm³/mol. The smallest absolute Gasteiger partial charge is 0.323 e. The molecule has 1 aliphatic carbocycles. The van der Waals surface area contributed by atoms with Crippen molar-refractivity contribution < 1.29 is 19.5 Å². The van der Waals surface area contributed by atoms with Crippen LogP contribution in [0.4, 0.5) is 4.79 Å². The number of carbonyl (C=O) groups is 3. The Labute approximate surface area is 181 Å². The summed E-state index contributed by atoms with van der Waals surface area (Å²) in [7, 11) is 0. The van der Waals surface area contributed by atoms with Gasteiger partial charge in [0.2, 0.25) is 0 Å². The van der Waals surface area contributed by atoms with Gasteiger partial charge < -0.3 is 9.67 Å². The highest BCUT2D eigenvalue weighted by molar-refractivity contribution is 8.18. The number of thiophene rings is 1. The van der Waals surface area contributed by atoms with E-state index in [1.54, 1.807) is 17.4 Å². The summed E-state index contributed by atoms with van der Waals surface area (Å²) >= 11 is 2.40. The number of imide groups is 1. The van der Waals surface area contributed by atoms with E-state index in [4.69, 9.17) is 5.11 Å². The van der Waals surface area contributed by atoms with Crippen molar-refractivity contribution in [2.24, 2.45) is 0 Å². The molecular formula is C21H19N3O4S2. The fraction of sp³-hybridized carbons (Fsp3) is 0.333. The highest BCUT2D eigenvalue weighted by Crippen LogP contribution is 2.39. The van der Waals surface area contributed by atoms with Gasteiger partial charge in [0.1, 0.15) is 17.6 Å². The van der Waals surface area contributed by atoms with Crippen molar-refractivity contribution >= 4 is 46.3 Å². The van der Waals surface area contributed by atoms with Crippen molar-refractivity contribution in [1.29, 1.82) is 5.26 Å². The predicted octanol–water partition coefficient (Wildman–Crippen LogP) is 4.03. The quantitative estimate of drug-likeness (QED) is 0.719. The molecule has 2 amide bonds. The summed E-state index contributed by atoms with van der Waals surface area (Å²) in [6.45, 7) is 3.22. The zero-order valence-corrected chi connectivity index (χ0v) is 18.2. The fourth-order valence-corrected chi connectivity index (χ4v) is 6.26. The second kappa shape index (κ2) is 7.78. The van der Waals surface area contributed by atoms with Crippen LogP contribution in [-0.2, 0) is 22.4 Å². The SMILES string of the molecule is Cc1cc(/C=C2\SC(=O)N(CC(=O)O)C2=O)c(C)n1-c1sc2c(c1C#N)CCCC2. The average molecular weight is 442 g/mol. The number of carboxylic acid groups (broad SMARTS) is 1. The molecule has 0 aromatic carbocycles. The van der Waals surface area contributed by atoms with Gasteiger partial charge in [-0.1, -0.05) is 0 Å². The third-order valence-corrected chi connectivity index (χ3v) is 7.58. The van der Waals surface area contributed by atoms with Crippen LogP contribution in [0, 0.1) is 25.2 Å². The number of carbonyl (C=O) groups excluding carboxylic acids is 2. The molecule has 2 aliphatic rings. The number of aliphatic carboxylic acids is 1. The number of hydrogen-bond acceptors (Lipinski definition) is 6. The molecule has 30 heavy (non-hydrogen) atoms. The monoisotopic (exact) mass is 441 g/mol. The molecule has 0 unspecified atom stereocenters. The van der Waals surface area contributed by atoms with Crippen LogP contribution < -0.4 is 0 Å². The number of thioether (sulfide) groups is 1. The van der Waals surface area contributed by atoms with Gasteiger partial charge in [0.25, 0.3) is 11.1 Å². The first kappa shape index (κ1) is 20.4. The maximum absolute atomic E-state index is 12.5. The van der Waals surface area contributed by atoms with Gasteiger partial charge in [0, 0.05) is 16.3 Å². The molecule has 0 bridgehead atoms. The van der Waals surface area contributed by atoms with E-state index >= 15 is 0 Å². The second-order valence-electron chi connectivity index (χ2n) is 7.33. The summed E-state index contributed by atoms with van der Waals surface area (Å²) in [5, 5.41) is 19.0. The zero-order chi connectivity index (χ0) is 21.6. The number of aryl methyl sites for hydroxylation is 2. The lowest BCUT2D eigenvalue weighted by Crippen LogP contribution is -2.33. The van der Waals surface area contributed by atoms with Crippen molar-refractivity contribution in [3.8, 4) is 11.1 Å². The minimum Gasteiger partial charge on any atom is -0.480 e. The van der Waals surface area contributed by atoms with Gasteiger partial charge in [-0.2, -0.15) is 5.26 Å². The first-order chi connectivity index (χ1) is 14.3. The van der Waals surface area contributed by atoms with Crippen molar-refractivity contribution in [3.63, 3.8) is 0 Å². The number of carboxylic acids is 1. The van der Waals surface area contributed by atoms with E-state index in [-0.39, 0.29) is 4.91 Å². The van der Waals surface area contributed by atoms with Gasteiger partial charge in [-0.05, 0) is 74.6 Å². The summed E-state index contributed by atoms with van der Waals surface area (Å²) in [5.41, 5.74) is 4.45. The summed E-state index contributed by atoms with van der Waals surface area (Å²) in [6.07, 6.45) is 5.79. The van der Waals surface area contributed by atoms with Crippen LogP contribution in [0.3, 0.4) is 0 Å². The van der Waals surface area contributed by atoms with Crippen molar-refractivity contribution in [2.45, 2.75) is 39.5 Å². The molecule has 1 N–H and O–H groups in total. The molecule has 0 radical (unpaired) electrons. The van der Waals surface area contributed by atoms with E-state index in [1.165, 1.54) is 4.88 Å². The highest BCUT2D eigenvalue weighted by atomic mass is 32.2. The largest absolute Gasteiger partial charge is 0.480 e. The van der Waals surface area contributed by atoms with Gasteiger partial charge in [0.15, 0.2) is 0 Å². The van der Waals surface area contributed by atoms with Gasteiger partial charge in [-0.25, -0.2) is 0 Å². The van der Waals surface area contributed by atoms with Crippen LogP contribution >= 0.6 is 23.1 Å². The Morgan fingerprint density at radius 2 is 2.03 bits per heavy atom. The van der Waals surface area contributed by atoms with Gasteiger partial charge in [-0.15, -0.1) is 11.3 Å². The third-order valence-electron chi connectivity index (χ3n) is 5.39. The first-order valence-corrected chi connectivity index (χ1v) is 11.2. The number of amides is 2.